The third-order valence-electron chi connectivity index (χ3n) is 3.35. The van der Waals surface area contributed by atoms with E-state index in [-0.39, 0.29) is 12.3 Å². The molecule has 0 aliphatic rings. The van der Waals surface area contributed by atoms with Crippen molar-refractivity contribution in [1.29, 1.82) is 0 Å². The van der Waals surface area contributed by atoms with Crippen LogP contribution in [0.1, 0.15) is 34.0 Å². The zero-order valence-corrected chi connectivity index (χ0v) is 13.8. The Hall–Kier alpha value is -2.14. The number of carbonyl (C=O) groups excluding carboxylic acids is 2. The quantitative estimate of drug-likeness (QED) is 0.855. The van der Waals surface area contributed by atoms with Gasteiger partial charge in [0.1, 0.15) is 5.00 Å². The van der Waals surface area contributed by atoms with Gasteiger partial charge in [0.2, 0.25) is 5.91 Å². The monoisotopic (exact) mass is 317 g/mol. The molecule has 0 aliphatic carbocycles. The van der Waals surface area contributed by atoms with Crippen LogP contribution >= 0.6 is 11.3 Å². The number of carbonyl (C=O) groups is 2. The topological polar surface area (TPSA) is 55.4 Å². The second-order valence-electron chi connectivity index (χ2n) is 5.03. The van der Waals surface area contributed by atoms with Gasteiger partial charge in [-0.2, -0.15) is 0 Å². The Morgan fingerprint density at radius 2 is 1.95 bits per heavy atom. The Balaban J connectivity index is 2.05. The van der Waals surface area contributed by atoms with Crippen molar-refractivity contribution in [3.05, 3.63) is 51.9 Å². The molecule has 1 amide bonds. The number of nitrogens with one attached hydrogen (secondary N) is 1. The molecule has 0 atom stereocenters. The summed E-state index contributed by atoms with van der Waals surface area (Å²) in [4.78, 5) is 23.9. The van der Waals surface area contributed by atoms with Crippen LogP contribution in [0, 0.1) is 13.8 Å². The van der Waals surface area contributed by atoms with E-state index in [1.165, 1.54) is 16.9 Å². The van der Waals surface area contributed by atoms with E-state index >= 15 is 0 Å². The normalized spacial score (nSPS) is 10.3. The fraction of sp³-hybridized carbons (Fsp3) is 0.294. The molecule has 1 heterocycles. The molecule has 1 aromatic heterocycles. The van der Waals surface area contributed by atoms with E-state index in [1.807, 2.05) is 32.0 Å². The van der Waals surface area contributed by atoms with Crippen LogP contribution in [0.5, 0.6) is 0 Å². The first kappa shape index (κ1) is 16.2. The van der Waals surface area contributed by atoms with E-state index < -0.39 is 5.97 Å². The van der Waals surface area contributed by atoms with Crippen molar-refractivity contribution in [2.45, 2.75) is 27.2 Å². The summed E-state index contributed by atoms with van der Waals surface area (Å²) < 4.78 is 4.97. The average molecular weight is 317 g/mol. The maximum absolute atomic E-state index is 12.2. The summed E-state index contributed by atoms with van der Waals surface area (Å²) in [5, 5.41) is 5.09. The van der Waals surface area contributed by atoms with Crippen molar-refractivity contribution in [2.75, 3.05) is 11.9 Å². The van der Waals surface area contributed by atoms with Crippen LogP contribution in [0.3, 0.4) is 0 Å². The third kappa shape index (κ3) is 3.95. The van der Waals surface area contributed by atoms with Crippen molar-refractivity contribution in [1.82, 2.24) is 0 Å². The third-order valence-corrected chi connectivity index (χ3v) is 4.18. The number of aryl methyl sites for hydroxylation is 2. The standard InChI is InChI=1S/C17H19NO3S/c1-4-21-17(20)14-7-8-22-16(14)18-15(19)10-13-6-5-11(2)12(3)9-13/h5-9H,4,10H2,1-3H3,(H,18,19). The lowest BCUT2D eigenvalue weighted by atomic mass is 10.0. The number of anilines is 1. The van der Waals surface area contributed by atoms with E-state index in [0.717, 1.165) is 11.1 Å². The van der Waals surface area contributed by atoms with Gasteiger partial charge in [0, 0.05) is 0 Å². The first-order valence-electron chi connectivity index (χ1n) is 7.12. The lowest BCUT2D eigenvalue weighted by Crippen LogP contribution is -2.16. The first-order valence-corrected chi connectivity index (χ1v) is 7.99. The maximum Gasteiger partial charge on any atom is 0.341 e. The van der Waals surface area contributed by atoms with Gasteiger partial charge in [0.25, 0.3) is 0 Å². The Bertz CT molecular complexity index is 691. The van der Waals surface area contributed by atoms with Crippen LogP contribution in [-0.4, -0.2) is 18.5 Å². The van der Waals surface area contributed by atoms with Crippen molar-refractivity contribution in [2.24, 2.45) is 0 Å². The summed E-state index contributed by atoms with van der Waals surface area (Å²) >= 11 is 1.32. The van der Waals surface area contributed by atoms with Gasteiger partial charge in [0.05, 0.1) is 18.6 Å². The highest BCUT2D eigenvalue weighted by Gasteiger charge is 2.16. The van der Waals surface area contributed by atoms with Gasteiger partial charge in [-0.25, -0.2) is 4.79 Å². The zero-order valence-electron chi connectivity index (χ0n) is 12.9. The summed E-state index contributed by atoms with van der Waals surface area (Å²) in [5.74, 6) is -0.554. The molecule has 5 heteroatoms. The summed E-state index contributed by atoms with van der Waals surface area (Å²) in [6.07, 6.45) is 0.279. The molecule has 0 saturated carbocycles. The highest BCUT2D eigenvalue weighted by Crippen LogP contribution is 2.24. The van der Waals surface area contributed by atoms with E-state index in [4.69, 9.17) is 4.74 Å². The SMILES string of the molecule is CCOC(=O)c1ccsc1NC(=O)Cc1ccc(C)c(C)c1. The molecule has 0 radical (unpaired) electrons. The molecule has 116 valence electrons. The highest BCUT2D eigenvalue weighted by molar-refractivity contribution is 7.14. The van der Waals surface area contributed by atoms with E-state index in [9.17, 15) is 9.59 Å². The molecular formula is C17H19NO3S. The molecule has 0 spiro atoms. The van der Waals surface area contributed by atoms with Gasteiger partial charge < -0.3 is 10.1 Å². The van der Waals surface area contributed by atoms with Gasteiger partial charge in [-0.15, -0.1) is 11.3 Å². The minimum atomic E-state index is -0.412. The summed E-state index contributed by atoms with van der Waals surface area (Å²) in [6, 6.07) is 7.62. The van der Waals surface area contributed by atoms with E-state index in [2.05, 4.69) is 5.32 Å². The number of ether oxygens (including phenoxy) is 1. The van der Waals surface area contributed by atoms with Crippen LogP contribution in [0.15, 0.2) is 29.6 Å². The number of hydrogen-bond acceptors (Lipinski definition) is 4. The molecule has 0 bridgehead atoms. The fourth-order valence-corrected chi connectivity index (χ4v) is 2.84. The number of rotatable bonds is 5. The minimum absolute atomic E-state index is 0.142. The van der Waals surface area contributed by atoms with Crippen LogP contribution in [-0.2, 0) is 16.0 Å². The second kappa shape index (κ2) is 7.22. The summed E-state index contributed by atoms with van der Waals surface area (Å²) in [7, 11) is 0. The smallest absolute Gasteiger partial charge is 0.341 e. The van der Waals surface area contributed by atoms with Gasteiger partial charge in [-0.05, 0) is 48.9 Å². The Labute approximate surface area is 134 Å². The molecule has 2 aromatic rings. The molecule has 0 saturated heterocycles. The lowest BCUT2D eigenvalue weighted by Gasteiger charge is -2.07. The largest absolute Gasteiger partial charge is 0.462 e. The second-order valence-corrected chi connectivity index (χ2v) is 5.94. The Morgan fingerprint density at radius 3 is 2.64 bits per heavy atom. The first-order chi connectivity index (χ1) is 10.5. The zero-order chi connectivity index (χ0) is 16.1. The van der Waals surface area contributed by atoms with Crippen LogP contribution in [0.2, 0.25) is 0 Å². The molecule has 22 heavy (non-hydrogen) atoms. The van der Waals surface area contributed by atoms with Gasteiger partial charge >= 0.3 is 5.97 Å². The molecule has 0 fully saturated rings. The van der Waals surface area contributed by atoms with Crippen molar-refractivity contribution < 1.29 is 14.3 Å². The van der Waals surface area contributed by atoms with Crippen molar-refractivity contribution >= 4 is 28.2 Å². The highest BCUT2D eigenvalue weighted by atomic mass is 32.1. The van der Waals surface area contributed by atoms with Crippen molar-refractivity contribution in [3.8, 4) is 0 Å². The van der Waals surface area contributed by atoms with Crippen LogP contribution < -0.4 is 5.32 Å². The van der Waals surface area contributed by atoms with Crippen LogP contribution in [0.25, 0.3) is 0 Å². The fourth-order valence-electron chi connectivity index (χ4n) is 2.05. The van der Waals surface area contributed by atoms with Gasteiger partial charge in [-0.1, -0.05) is 18.2 Å². The average Bonchev–Trinajstić information content (AvgIpc) is 2.91. The molecule has 2 rings (SSSR count). The number of thiophene rings is 1. The molecular weight excluding hydrogens is 298 g/mol. The summed E-state index contributed by atoms with van der Waals surface area (Å²) in [6.45, 7) is 6.12. The van der Waals surface area contributed by atoms with E-state index in [1.54, 1.807) is 18.4 Å². The maximum atomic E-state index is 12.2. The molecule has 1 aromatic carbocycles. The predicted octanol–water partition coefficient (Wildman–Crippen LogP) is 3.72. The van der Waals surface area contributed by atoms with Gasteiger partial charge in [0.15, 0.2) is 0 Å². The number of amides is 1. The summed E-state index contributed by atoms with van der Waals surface area (Å²) in [5.41, 5.74) is 3.72. The number of benzene rings is 1. The molecule has 0 unspecified atom stereocenters. The number of hydrogen-bond donors (Lipinski definition) is 1. The predicted molar refractivity (Wildman–Crippen MR) is 88.5 cm³/mol. The van der Waals surface area contributed by atoms with Crippen molar-refractivity contribution in [3.63, 3.8) is 0 Å². The van der Waals surface area contributed by atoms with Gasteiger partial charge in [-0.3, -0.25) is 4.79 Å². The molecule has 0 aliphatic heterocycles. The van der Waals surface area contributed by atoms with Crippen LogP contribution in [0.4, 0.5) is 5.00 Å². The Kier molecular flexibility index (Phi) is 5.33. The molecule has 4 nitrogen and oxygen atoms in total. The minimum Gasteiger partial charge on any atom is -0.462 e. The lowest BCUT2D eigenvalue weighted by molar-refractivity contribution is -0.115. The molecule has 1 N–H and O–H groups in total. The number of esters is 1. The Morgan fingerprint density at radius 1 is 1.18 bits per heavy atom. The van der Waals surface area contributed by atoms with E-state index in [0.29, 0.717) is 17.2 Å².